The molecule has 2 aliphatic carbocycles. The number of nitrogens with zero attached hydrogens (tertiary/aromatic N) is 2. The molecule has 3 heterocycles. The molecule has 0 N–H and O–H groups in total. The molecule has 3 heteroatoms. The summed E-state index contributed by atoms with van der Waals surface area (Å²) >= 11 is 0. The number of fused-ring (bicyclic) bond motifs is 13. The smallest absolute Gasteiger partial charge is 0.136 e. The largest absolute Gasteiger partial charge is 0.456 e. The van der Waals surface area contributed by atoms with Crippen molar-refractivity contribution in [2.24, 2.45) is 0 Å². The molecule has 3 aliphatic rings. The molecule has 2 unspecified atom stereocenters. The van der Waals surface area contributed by atoms with Gasteiger partial charge in [-0.25, -0.2) is 0 Å². The molecule has 0 amide bonds. The van der Waals surface area contributed by atoms with Crippen molar-refractivity contribution in [2.45, 2.75) is 123 Å². The number of benzene rings is 15. The fraction of sp³-hybridized carbons (Fsp3) is 0.174. The first-order chi connectivity index (χ1) is 57.4. The molecule has 1 aliphatic heterocycles. The molecule has 2 atom stereocenters. The van der Waals surface area contributed by atoms with Crippen molar-refractivity contribution in [3.05, 3.63) is 382 Å². The predicted octanol–water partition coefficient (Wildman–Crippen LogP) is 29.9. The second-order valence-corrected chi connectivity index (χ2v) is 35.3. The fourth-order valence-corrected chi connectivity index (χ4v) is 18.5. The van der Waals surface area contributed by atoms with Gasteiger partial charge in [-0.05, 0) is 216 Å². The van der Waals surface area contributed by atoms with Crippen LogP contribution >= 0.6 is 0 Å². The molecule has 112 heavy (non-hydrogen) atoms. The molecule has 544 valence electrons. The summed E-state index contributed by atoms with van der Waals surface area (Å²) in [5, 5.41) is 1.84. The van der Waals surface area contributed by atoms with Gasteiger partial charge in [-0.2, -0.15) is 0 Å². The molecule has 0 saturated carbocycles. The molecule has 2 aromatic heterocycles. The summed E-state index contributed by atoms with van der Waals surface area (Å²) in [4.78, 5) is 2.52. The standard InChI is InChI=1S/C109H92N2O/c1-106(2,3)76-54-73(55-77(61-76)107(4,5)6)70-49-51-84-89(58-70)101-85-52-50-71(74-56-78(108(7,8)9)62-79(57-74)109(10,11)12)60-93(85)111(105-88(67-35-19-14-20-36-67)65-96-103(86-45-29-32-48-95(86)112-96)99(105)69-39-23-16-24-40-69)94-64-80(110-91-46-30-27-43-82(91)83-44-28-31-47-92(83)110)63-90(102(94)101)100(84)104-87(66-33-17-13-18-34-66)59-75-53-72-41-25-26-42-81(72)97(75)98(104)68-37-21-15-22-38-68/h13-52,54-65,100-101H,53H2,1-12H3/i27D,28D,30D,31D,43D,44D,46D,47D. The lowest BCUT2D eigenvalue weighted by atomic mass is 9.63. The van der Waals surface area contributed by atoms with Crippen molar-refractivity contribution < 1.29 is 15.4 Å². The van der Waals surface area contributed by atoms with Gasteiger partial charge < -0.3 is 13.9 Å². The fourth-order valence-electron chi connectivity index (χ4n) is 18.5. The normalized spacial score (nSPS) is 15.6. The second kappa shape index (κ2) is 25.6. The molecule has 0 bridgehead atoms. The molecule has 0 saturated heterocycles. The minimum Gasteiger partial charge on any atom is -0.456 e. The first kappa shape index (κ1) is 60.5. The zero-order valence-corrected chi connectivity index (χ0v) is 65.6. The third-order valence-electron chi connectivity index (χ3n) is 24.2. The minimum absolute atomic E-state index is 0.00389. The highest BCUT2D eigenvalue weighted by Gasteiger charge is 2.46. The van der Waals surface area contributed by atoms with Crippen molar-refractivity contribution in [2.75, 3.05) is 4.90 Å². The number of anilines is 3. The number of aromatic nitrogens is 1. The van der Waals surface area contributed by atoms with E-state index in [1.165, 1.54) is 33.4 Å². The van der Waals surface area contributed by atoms with Gasteiger partial charge in [0.1, 0.15) is 11.2 Å². The summed E-state index contributed by atoms with van der Waals surface area (Å²) in [6, 6.07) is 94.5. The van der Waals surface area contributed by atoms with E-state index in [1.54, 1.807) is 4.57 Å². The summed E-state index contributed by atoms with van der Waals surface area (Å²) in [5.41, 5.74) is 31.5. The summed E-state index contributed by atoms with van der Waals surface area (Å²) in [5.74, 6) is -1.22. The van der Waals surface area contributed by atoms with Crippen LogP contribution in [0.5, 0.6) is 0 Å². The van der Waals surface area contributed by atoms with Crippen LogP contribution in [-0.4, -0.2) is 4.57 Å². The lowest BCUT2D eigenvalue weighted by Gasteiger charge is -2.46. The van der Waals surface area contributed by atoms with Gasteiger partial charge in [0.25, 0.3) is 0 Å². The van der Waals surface area contributed by atoms with Gasteiger partial charge in [0.15, 0.2) is 0 Å². The van der Waals surface area contributed by atoms with Gasteiger partial charge in [0, 0.05) is 50.2 Å². The Kier molecular flexibility index (Phi) is 13.8. The van der Waals surface area contributed by atoms with Crippen LogP contribution < -0.4 is 4.90 Å². The zero-order valence-electron chi connectivity index (χ0n) is 73.6. The van der Waals surface area contributed by atoms with Crippen LogP contribution in [0.1, 0.15) is 173 Å². The highest BCUT2D eigenvalue weighted by atomic mass is 16.3. The van der Waals surface area contributed by atoms with Crippen molar-refractivity contribution >= 4 is 60.8 Å². The topological polar surface area (TPSA) is 21.3 Å². The molecule has 0 fully saturated rings. The van der Waals surface area contributed by atoms with Crippen molar-refractivity contribution in [1.82, 2.24) is 4.57 Å². The summed E-state index contributed by atoms with van der Waals surface area (Å²) in [6.07, 6.45) is 0.716. The van der Waals surface area contributed by atoms with E-state index in [4.69, 9.17) is 4.42 Å². The first-order valence-corrected chi connectivity index (χ1v) is 39.5. The third kappa shape index (κ3) is 11.2. The van der Waals surface area contributed by atoms with Crippen LogP contribution in [0.25, 0.3) is 127 Å². The number of hydrogen-bond donors (Lipinski definition) is 0. The Hall–Kier alpha value is -12.3. The number of hydrogen-bond acceptors (Lipinski definition) is 2. The molecular weight excluding hydrogens is 1350 g/mol. The number of rotatable bonds is 9. The monoisotopic (exact) mass is 1450 g/mol. The van der Waals surface area contributed by atoms with E-state index in [0.717, 1.165) is 145 Å². The van der Waals surface area contributed by atoms with E-state index < -0.39 is 48.1 Å². The second-order valence-electron chi connectivity index (χ2n) is 35.3. The molecule has 20 rings (SSSR count). The Morgan fingerprint density at radius 1 is 0.321 bits per heavy atom. The van der Waals surface area contributed by atoms with Gasteiger partial charge in [-0.15, -0.1) is 0 Å². The predicted molar refractivity (Wildman–Crippen MR) is 473 cm³/mol. The lowest BCUT2D eigenvalue weighted by molar-refractivity contribution is 0.568. The maximum absolute atomic E-state index is 10.4. The van der Waals surface area contributed by atoms with Gasteiger partial charge >= 0.3 is 0 Å². The van der Waals surface area contributed by atoms with E-state index in [0.29, 0.717) is 17.7 Å². The van der Waals surface area contributed by atoms with E-state index in [1.807, 2.05) is 12.1 Å². The van der Waals surface area contributed by atoms with Crippen molar-refractivity contribution in [3.8, 4) is 83.6 Å². The Bertz CT molecular complexity index is 7050. The van der Waals surface area contributed by atoms with Crippen LogP contribution in [0, 0.1) is 0 Å². The third-order valence-corrected chi connectivity index (χ3v) is 24.2. The number of furan rings is 1. The summed E-state index contributed by atoms with van der Waals surface area (Å²) in [6.45, 7) is 27.6. The van der Waals surface area contributed by atoms with Crippen LogP contribution in [-0.2, 0) is 28.1 Å². The molecular formula is C109H92N2O. The lowest BCUT2D eigenvalue weighted by Crippen LogP contribution is -2.30. The van der Waals surface area contributed by atoms with E-state index in [2.05, 4.69) is 343 Å². The molecule has 0 spiro atoms. The van der Waals surface area contributed by atoms with Crippen LogP contribution in [0.15, 0.2) is 320 Å². The average molecular weight is 1450 g/mol. The zero-order chi connectivity index (χ0) is 83.4. The molecule has 0 radical (unpaired) electrons. The first-order valence-electron chi connectivity index (χ1n) is 43.5. The van der Waals surface area contributed by atoms with E-state index >= 15 is 0 Å². The maximum atomic E-state index is 10.4. The molecule has 15 aromatic carbocycles. The van der Waals surface area contributed by atoms with E-state index in [9.17, 15) is 11.0 Å². The highest BCUT2D eigenvalue weighted by molar-refractivity contribution is 6.20. The van der Waals surface area contributed by atoms with Crippen LogP contribution in [0.3, 0.4) is 0 Å². The Labute approximate surface area is 670 Å². The summed E-state index contributed by atoms with van der Waals surface area (Å²) < 4.78 is 88.0. The minimum atomic E-state index is -0.676. The maximum Gasteiger partial charge on any atom is 0.136 e. The van der Waals surface area contributed by atoms with Gasteiger partial charge in [0.2, 0.25) is 0 Å². The van der Waals surface area contributed by atoms with Gasteiger partial charge in [0.05, 0.1) is 39.1 Å². The van der Waals surface area contributed by atoms with E-state index in [-0.39, 0.29) is 55.6 Å². The Balaban J connectivity index is 1.05. The van der Waals surface area contributed by atoms with Gasteiger partial charge in [-0.1, -0.05) is 344 Å². The van der Waals surface area contributed by atoms with Crippen LogP contribution in [0.2, 0.25) is 0 Å². The SMILES string of the molecule is [2H]c1c([2H])c([2H])c2c(c1[2H])c1c([2H])c([2H])c([2H])c([2H])c1n2-c1cc2c3c(c1)N(c1c(-c4ccccc4)cc4oc5ccccc5c4c1-c1ccccc1)c1cc(-c4cc(C(C)(C)C)cc(C(C)(C)C)c4)ccc1C3c1cc(-c3cc(C(C)(C)C)cc(C(C)(C)C)c3)ccc1C2c1c(-c2ccccc2)cc2c(c1-c1ccccc1)-c1ccccc1C2. The Morgan fingerprint density at radius 2 is 0.812 bits per heavy atom. The van der Waals surface area contributed by atoms with Crippen molar-refractivity contribution in [1.29, 1.82) is 0 Å². The quantitative estimate of drug-likeness (QED) is 0.144. The average Bonchev–Trinajstić information content (AvgIpc) is 1.00. The Morgan fingerprint density at radius 3 is 1.39 bits per heavy atom. The number of para-hydroxylation sites is 3. The molecule has 17 aromatic rings. The van der Waals surface area contributed by atoms with Crippen LogP contribution in [0.4, 0.5) is 17.1 Å². The van der Waals surface area contributed by atoms with Gasteiger partial charge in [-0.3, -0.25) is 0 Å². The van der Waals surface area contributed by atoms with Crippen molar-refractivity contribution in [3.63, 3.8) is 0 Å². The highest BCUT2D eigenvalue weighted by Crippen LogP contribution is 2.65. The summed E-state index contributed by atoms with van der Waals surface area (Å²) in [7, 11) is 0. The molecule has 3 nitrogen and oxygen atoms in total.